The maximum Gasteiger partial charge on any atom is 0.431 e. The van der Waals surface area contributed by atoms with Gasteiger partial charge in [-0.3, -0.25) is 14.7 Å². The van der Waals surface area contributed by atoms with E-state index in [0.29, 0.717) is 6.07 Å². The van der Waals surface area contributed by atoms with Gasteiger partial charge < -0.3 is 9.47 Å². The summed E-state index contributed by atoms with van der Waals surface area (Å²) in [6, 6.07) is 4.65. The van der Waals surface area contributed by atoms with Crippen molar-refractivity contribution in [2.24, 2.45) is 0 Å². The average Bonchev–Trinajstić information content (AvgIpc) is 2.54. The summed E-state index contributed by atoms with van der Waals surface area (Å²) in [4.78, 5) is 24.6. The predicted molar refractivity (Wildman–Crippen MR) is 93.4 cm³/mol. The number of methoxy groups -OCH3 is 1. The van der Waals surface area contributed by atoms with Crippen LogP contribution in [0.5, 0.6) is 5.75 Å². The van der Waals surface area contributed by atoms with E-state index in [2.05, 4.69) is 5.32 Å². The lowest BCUT2D eigenvalue weighted by molar-refractivity contribution is -0.142. The molecule has 10 heteroatoms. The number of nitrogens with zero attached hydrogens (tertiary/aromatic N) is 1. The van der Waals surface area contributed by atoms with Gasteiger partial charge in [0.1, 0.15) is 28.4 Å². The number of hydrogen-bond donors (Lipinski definition) is 1. The van der Waals surface area contributed by atoms with Gasteiger partial charge in [0, 0.05) is 0 Å². The highest BCUT2D eigenvalue weighted by atomic mass is 19.4. The number of anilines is 1. The van der Waals surface area contributed by atoms with Crippen LogP contribution in [0.25, 0.3) is 5.69 Å². The number of halogens is 4. The topological polar surface area (TPSA) is 69.6 Å². The summed E-state index contributed by atoms with van der Waals surface area (Å²) < 4.78 is 64.8. The first-order chi connectivity index (χ1) is 12.8. The van der Waals surface area contributed by atoms with Crippen LogP contribution >= 0.6 is 0 Å². The summed E-state index contributed by atoms with van der Waals surface area (Å²) in [5.74, 6) is -1.40. The van der Waals surface area contributed by atoms with E-state index in [1.165, 1.54) is 12.1 Å². The Morgan fingerprint density at radius 1 is 1.11 bits per heavy atom. The SMILES string of the molecule is COc1cccc(F)c1-n1c(C(F)(F)F)ccc(NC(=O)OC(C)(C)C)c1=O. The number of para-hydroxylation sites is 1. The number of ether oxygens (including phenoxy) is 2. The van der Waals surface area contributed by atoms with Crippen molar-refractivity contribution < 1.29 is 31.8 Å². The molecule has 0 radical (unpaired) electrons. The van der Waals surface area contributed by atoms with Crippen LogP contribution in [0.4, 0.5) is 28.0 Å². The van der Waals surface area contributed by atoms with Gasteiger partial charge in [-0.05, 0) is 45.0 Å². The summed E-state index contributed by atoms with van der Waals surface area (Å²) in [5.41, 5.74) is -4.88. The zero-order valence-electron chi connectivity index (χ0n) is 15.5. The van der Waals surface area contributed by atoms with Gasteiger partial charge in [-0.25, -0.2) is 9.18 Å². The van der Waals surface area contributed by atoms with Crippen LogP contribution in [0, 0.1) is 5.82 Å². The third-order valence-corrected chi connectivity index (χ3v) is 3.40. The number of rotatable bonds is 3. The van der Waals surface area contributed by atoms with Gasteiger partial charge in [-0.15, -0.1) is 0 Å². The highest BCUT2D eigenvalue weighted by Crippen LogP contribution is 2.34. The molecule has 2 rings (SSSR count). The summed E-state index contributed by atoms with van der Waals surface area (Å²) in [7, 11) is 1.12. The van der Waals surface area contributed by atoms with Gasteiger partial charge in [-0.2, -0.15) is 13.2 Å². The number of hydrogen-bond acceptors (Lipinski definition) is 4. The summed E-state index contributed by atoms with van der Waals surface area (Å²) >= 11 is 0. The third kappa shape index (κ3) is 4.62. The second-order valence-electron chi connectivity index (χ2n) is 6.69. The summed E-state index contributed by atoms with van der Waals surface area (Å²) in [6.07, 6.45) is -6.02. The summed E-state index contributed by atoms with van der Waals surface area (Å²) in [5, 5.41) is 2.09. The second-order valence-corrected chi connectivity index (χ2v) is 6.69. The highest BCUT2D eigenvalue weighted by molar-refractivity contribution is 5.84. The van der Waals surface area contributed by atoms with E-state index in [-0.39, 0.29) is 10.3 Å². The van der Waals surface area contributed by atoms with Gasteiger partial charge in [-0.1, -0.05) is 6.07 Å². The van der Waals surface area contributed by atoms with Crippen molar-refractivity contribution in [3.8, 4) is 11.4 Å². The fraction of sp³-hybridized carbons (Fsp3) is 0.333. The minimum absolute atomic E-state index is 0.112. The molecule has 0 saturated heterocycles. The van der Waals surface area contributed by atoms with Crippen molar-refractivity contribution >= 4 is 11.8 Å². The molecule has 152 valence electrons. The Morgan fingerprint density at radius 2 is 1.75 bits per heavy atom. The van der Waals surface area contributed by atoms with Crippen LogP contribution in [-0.2, 0) is 10.9 Å². The van der Waals surface area contributed by atoms with E-state index in [4.69, 9.17) is 9.47 Å². The Balaban J connectivity index is 2.70. The Labute approximate surface area is 157 Å². The van der Waals surface area contributed by atoms with Crippen LogP contribution in [0.1, 0.15) is 26.5 Å². The molecule has 1 N–H and O–H groups in total. The van der Waals surface area contributed by atoms with Gasteiger partial charge >= 0.3 is 12.3 Å². The lowest BCUT2D eigenvalue weighted by Crippen LogP contribution is -2.33. The molecular formula is C18H18F4N2O4. The first-order valence-electron chi connectivity index (χ1n) is 8.01. The Morgan fingerprint density at radius 3 is 2.29 bits per heavy atom. The zero-order valence-corrected chi connectivity index (χ0v) is 15.5. The molecule has 0 atom stereocenters. The molecule has 1 amide bonds. The first kappa shape index (κ1) is 21.3. The third-order valence-electron chi connectivity index (χ3n) is 3.40. The van der Waals surface area contributed by atoms with Crippen LogP contribution in [0.3, 0.4) is 0 Å². The van der Waals surface area contributed by atoms with Crippen LogP contribution in [-0.4, -0.2) is 23.4 Å². The van der Waals surface area contributed by atoms with Crippen LogP contribution in [0.2, 0.25) is 0 Å². The molecule has 6 nitrogen and oxygen atoms in total. The molecule has 1 aromatic carbocycles. The molecule has 1 heterocycles. The number of nitrogens with one attached hydrogen (secondary N) is 1. The standard InChI is InChI=1S/C18H18F4N2O4/c1-17(2,3)28-16(26)23-11-8-9-13(18(20,21)22)24(15(11)25)14-10(19)6-5-7-12(14)27-4/h5-9H,1-4H3,(H,23,26). The second kappa shape index (κ2) is 7.53. The molecule has 2 aromatic rings. The minimum atomic E-state index is -4.98. The van der Waals surface area contributed by atoms with Crippen LogP contribution in [0.15, 0.2) is 35.1 Å². The van der Waals surface area contributed by atoms with Crippen molar-refractivity contribution in [2.45, 2.75) is 32.5 Å². The number of alkyl halides is 3. The lowest BCUT2D eigenvalue weighted by atomic mass is 10.2. The molecule has 0 aliphatic heterocycles. The number of benzene rings is 1. The molecular weight excluding hydrogens is 384 g/mol. The van der Waals surface area contributed by atoms with Gasteiger partial charge in [0.25, 0.3) is 5.56 Å². The highest BCUT2D eigenvalue weighted by Gasteiger charge is 2.37. The quantitative estimate of drug-likeness (QED) is 0.775. The van der Waals surface area contributed by atoms with Crippen molar-refractivity contribution in [3.63, 3.8) is 0 Å². The monoisotopic (exact) mass is 402 g/mol. The Hall–Kier alpha value is -3.04. The van der Waals surface area contributed by atoms with Crippen molar-refractivity contribution in [1.29, 1.82) is 0 Å². The van der Waals surface area contributed by atoms with E-state index in [1.807, 2.05) is 0 Å². The lowest BCUT2D eigenvalue weighted by Gasteiger charge is -2.21. The number of amides is 1. The number of carbonyl (C=O) groups excluding carboxylic acids is 1. The first-order valence-corrected chi connectivity index (χ1v) is 8.01. The molecule has 0 unspecified atom stereocenters. The summed E-state index contributed by atoms with van der Waals surface area (Å²) in [6.45, 7) is 4.71. The normalized spacial score (nSPS) is 11.9. The molecule has 0 fully saturated rings. The average molecular weight is 402 g/mol. The van der Waals surface area contributed by atoms with Crippen LogP contribution < -0.4 is 15.6 Å². The molecule has 0 spiro atoms. The van der Waals surface area contributed by atoms with Gasteiger partial charge in [0.05, 0.1) is 7.11 Å². The van der Waals surface area contributed by atoms with Gasteiger partial charge in [0.15, 0.2) is 5.82 Å². The Kier molecular flexibility index (Phi) is 5.72. The van der Waals surface area contributed by atoms with E-state index in [9.17, 15) is 27.2 Å². The van der Waals surface area contributed by atoms with Crippen molar-refractivity contribution in [2.75, 3.05) is 12.4 Å². The van der Waals surface area contributed by atoms with Crippen molar-refractivity contribution in [3.05, 3.63) is 52.2 Å². The Bertz CT molecular complexity index is 946. The zero-order chi connectivity index (χ0) is 21.3. The number of aromatic nitrogens is 1. The maximum atomic E-state index is 14.4. The van der Waals surface area contributed by atoms with E-state index < -0.39 is 46.3 Å². The molecule has 28 heavy (non-hydrogen) atoms. The van der Waals surface area contributed by atoms with E-state index >= 15 is 0 Å². The predicted octanol–water partition coefficient (Wildman–Crippen LogP) is 4.35. The maximum absolute atomic E-state index is 14.4. The minimum Gasteiger partial charge on any atom is -0.494 e. The van der Waals surface area contributed by atoms with E-state index in [0.717, 1.165) is 19.2 Å². The van der Waals surface area contributed by atoms with Gasteiger partial charge in [0.2, 0.25) is 0 Å². The fourth-order valence-corrected chi connectivity index (χ4v) is 2.37. The van der Waals surface area contributed by atoms with E-state index in [1.54, 1.807) is 20.8 Å². The molecule has 0 aliphatic carbocycles. The largest absolute Gasteiger partial charge is 0.494 e. The molecule has 1 aromatic heterocycles. The smallest absolute Gasteiger partial charge is 0.431 e. The molecule has 0 saturated carbocycles. The van der Waals surface area contributed by atoms with Crippen molar-refractivity contribution in [1.82, 2.24) is 4.57 Å². The molecule has 0 aliphatic rings. The number of pyridine rings is 1. The number of carbonyl (C=O) groups is 1. The fourth-order valence-electron chi connectivity index (χ4n) is 2.37. The molecule has 0 bridgehead atoms.